The van der Waals surface area contributed by atoms with Crippen LogP contribution >= 0.6 is 11.8 Å². The number of para-hydroxylation sites is 1. The van der Waals surface area contributed by atoms with Gasteiger partial charge in [-0.2, -0.15) is 0 Å². The molecular weight excluding hydrogens is 811 g/mol. The molecule has 0 atom stereocenters. The predicted molar refractivity (Wildman–Crippen MR) is 275 cm³/mol. The second-order valence-corrected chi connectivity index (χ2v) is 17.5. The molecule has 0 amide bonds. The molecule has 9 aromatic rings. The molecule has 0 unspecified atom stereocenters. The second kappa shape index (κ2) is 16.2. The lowest BCUT2D eigenvalue weighted by atomic mass is 10.0. The van der Waals surface area contributed by atoms with Crippen molar-refractivity contribution in [2.75, 3.05) is 11.9 Å². The number of hydrogen-bond donors (Lipinski definition) is 2. The molecule has 3 aromatic heterocycles. The predicted octanol–water partition coefficient (Wildman–Crippen LogP) is 15.7. The first kappa shape index (κ1) is 38.5. The number of benzene rings is 6. The highest BCUT2D eigenvalue weighted by atomic mass is 32.2. The van der Waals surface area contributed by atoms with Crippen LogP contribution in [-0.4, -0.2) is 27.0 Å². The lowest BCUT2D eigenvalue weighted by Gasteiger charge is -2.29. The molecule has 3 aliphatic rings. The van der Waals surface area contributed by atoms with Gasteiger partial charge >= 0.3 is 0 Å². The molecule has 0 aliphatic carbocycles. The molecule has 5 nitrogen and oxygen atoms in total. The lowest BCUT2D eigenvalue weighted by Crippen LogP contribution is -2.14. The van der Waals surface area contributed by atoms with Gasteiger partial charge in [0.25, 0.3) is 0 Å². The van der Waals surface area contributed by atoms with Crippen molar-refractivity contribution >= 4 is 81.7 Å². The zero-order valence-corrected chi connectivity index (χ0v) is 36.4. The summed E-state index contributed by atoms with van der Waals surface area (Å²) in [5.41, 5.74) is 20.4. The summed E-state index contributed by atoms with van der Waals surface area (Å²) in [5.74, 6) is 0. The Morgan fingerprint density at radius 1 is 0.415 bits per heavy atom. The molecule has 308 valence electrons. The topological polar surface area (TPSA) is 60.6 Å². The zero-order chi connectivity index (χ0) is 43.3. The van der Waals surface area contributed by atoms with E-state index < -0.39 is 0 Å². The molecule has 6 aromatic carbocycles. The molecule has 0 spiro atoms. The van der Waals surface area contributed by atoms with Crippen LogP contribution in [0.25, 0.3) is 103 Å². The van der Waals surface area contributed by atoms with Gasteiger partial charge in [0.2, 0.25) is 0 Å². The number of hydrogen-bond acceptors (Lipinski definition) is 4. The highest BCUT2D eigenvalue weighted by Gasteiger charge is 2.22. The van der Waals surface area contributed by atoms with Gasteiger partial charge in [-0.15, -0.1) is 0 Å². The maximum absolute atomic E-state index is 5.55. The van der Waals surface area contributed by atoms with E-state index in [4.69, 9.17) is 9.97 Å². The number of aromatic amines is 2. The van der Waals surface area contributed by atoms with Crippen LogP contribution in [0.15, 0.2) is 192 Å². The Morgan fingerprint density at radius 2 is 0.877 bits per heavy atom. The van der Waals surface area contributed by atoms with Gasteiger partial charge in [-0.05, 0) is 94.6 Å². The Morgan fingerprint density at radius 3 is 1.43 bits per heavy atom. The average molecular weight is 852 g/mol. The fourth-order valence-corrected chi connectivity index (χ4v) is 10.5. The van der Waals surface area contributed by atoms with E-state index >= 15 is 0 Å². The quantitative estimate of drug-likeness (QED) is 0.175. The van der Waals surface area contributed by atoms with Gasteiger partial charge in [-0.25, -0.2) is 9.97 Å². The molecule has 6 heteroatoms. The fourth-order valence-electron chi connectivity index (χ4n) is 9.32. The Balaban J connectivity index is 1.19. The van der Waals surface area contributed by atoms with Crippen LogP contribution < -0.4 is 4.90 Å². The summed E-state index contributed by atoms with van der Waals surface area (Å²) in [4.78, 5) is 23.7. The van der Waals surface area contributed by atoms with Crippen LogP contribution in [0.1, 0.15) is 33.9 Å². The van der Waals surface area contributed by atoms with Crippen LogP contribution in [0.2, 0.25) is 0 Å². The standard InChI is InChI=1S/C59H41N5S/c1-64-51-24-14-15-25-53(51)65-54-36-38(27-35-52(54)64)26-28-43-37-50-57(41-20-10-4-11-21-41)48-32-31-46(61-48)55(39-16-6-2-7-17-39)44-29-30-45(60-44)56(40-18-8-3-9-19-40)47-33-34-49(62-47)58(59(43)63-50)42-22-12-5-13-23-42/h2-37,60,63H,1H3/b28-26+,55-44?,55-46?,56-45?,56-47?,57-48?,57-50?,58-49?,59-58?. The Hall–Kier alpha value is -8.19. The van der Waals surface area contributed by atoms with Gasteiger partial charge in [0.15, 0.2) is 0 Å². The van der Waals surface area contributed by atoms with Crippen molar-refractivity contribution < 1.29 is 0 Å². The summed E-state index contributed by atoms with van der Waals surface area (Å²) in [6.45, 7) is 0. The maximum Gasteiger partial charge on any atom is 0.0737 e. The van der Waals surface area contributed by atoms with Crippen molar-refractivity contribution in [2.24, 2.45) is 0 Å². The lowest BCUT2D eigenvalue weighted by molar-refractivity contribution is 1.11. The number of nitrogens with zero attached hydrogens (tertiary/aromatic N) is 3. The molecule has 8 bridgehead atoms. The number of aromatic nitrogens is 4. The van der Waals surface area contributed by atoms with Gasteiger partial charge in [0.1, 0.15) is 0 Å². The summed E-state index contributed by atoms with van der Waals surface area (Å²) in [5, 5.41) is 0. The van der Waals surface area contributed by atoms with E-state index in [1.165, 1.54) is 21.2 Å². The third-order valence-corrected chi connectivity index (χ3v) is 13.5. The van der Waals surface area contributed by atoms with E-state index in [0.29, 0.717) is 0 Å². The first-order valence-corrected chi connectivity index (χ1v) is 22.7. The van der Waals surface area contributed by atoms with Crippen molar-refractivity contribution in [2.45, 2.75) is 9.79 Å². The number of fused-ring (bicyclic) bond motifs is 10. The van der Waals surface area contributed by atoms with Crippen LogP contribution in [0.4, 0.5) is 11.4 Å². The molecule has 0 radical (unpaired) electrons. The molecule has 12 rings (SSSR count). The number of nitrogens with one attached hydrogen (secondary N) is 2. The highest BCUT2D eigenvalue weighted by Crippen LogP contribution is 2.48. The molecule has 3 aliphatic heterocycles. The summed E-state index contributed by atoms with van der Waals surface area (Å²) in [7, 11) is 2.15. The minimum absolute atomic E-state index is 0.875. The third-order valence-electron chi connectivity index (χ3n) is 12.4. The molecule has 0 fully saturated rings. The molecule has 6 heterocycles. The Labute approximate surface area is 381 Å². The highest BCUT2D eigenvalue weighted by molar-refractivity contribution is 7.99. The summed E-state index contributed by atoms with van der Waals surface area (Å²) in [6.07, 6.45) is 13.1. The van der Waals surface area contributed by atoms with Crippen LogP contribution in [0.5, 0.6) is 0 Å². The van der Waals surface area contributed by atoms with E-state index in [2.05, 4.69) is 240 Å². The van der Waals surface area contributed by atoms with Gasteiger partial charge in [0.05, 0.1) is 39.7 Å². The molecular formula is C59H41N5S. The third kappa shape index (κ3) is 7.01. The first-order valence-electron chi connectivity index (χ1n) is 21.9. The van der Waals surface area contributed by atoms with Gasteiger partial charge in [-0.1, -0.05) is 163 Å². The van der Waals surface area contributed by atoms with Crippen LogP contribution in [-0.2, 0) is 0 Å². The normalized spacial score (nSPS) is 12.7. The van der Waals surface area contributed by atoms with Crippen molar-refractivity contribution in [1.82, 2.24) is 19.9 Å². The number of H-pyrrole nitrogens is 2. The van der Waals surface area contributed by atoms with E-state index in [9.17, 15) is 0 Å². The Kier molecular flexibility index (Phi) is 9.58. The van der Waals surface area contributed by atoms with Gasteiger partial charge in [0, 0.05) is 61.2 Å². The Bertz CT molecular complexity index is 3570. The minimum atomic E-state index is 0.875. The first-order chi connectivity index (χ1) is 32.1. The largest absolute Gasteiger partial charge is 0.354 e. The van der Waals surface area contributed by atoms with Gasteiger partial charge in [-0.3, -0.25) is 0 Å². The molecule has 0 saturated carbocycles. The SMILES string of the molecule is CN1c2ccccc2Sc2cc(/C=C/c3cc4[nH]c3c(-c3ccccc3)c3nc(c(-c5ccccc5)c5ccc([nH]5)c(-c5ccccc5)c5nc(c4-c4ccccc4)C=C5)C=C3)ccc21. The van der Waals surface area contributed by atoms with E-state index in [0.717, 1.165) is 100 Å². The fraction of sp³-hybridized carbons (Fsp3) is 0.0169. The van der Waals surface area contributed by atoms with Crippen molar-refractivity contribution in [3.63, 3.8) is 0 Å². The smallest absolute Gasteiger partial charge is 0.0737 e. The molecule has 0 saturated heterocycles. The van der Waals surface area contributed by atoms with Crippen molar-refractivity contribution in [1.29, 1.82) is 0 Å². The maximum atomic E-state index is 5.55. The summed E-state index contributed by atoms with van der Waals surface area (Å²) in [6, 6.07) is 64.3. The van der Waals surface area contributed by atoms with Gasteiger partial charge < -0.3 is 14.9 Å². The molecule has 2 N–H and O–H groups in total. The van der Waals surface area contributed by atoms with E-state index in [1.807, 2.05) is 11.8 Å². The minimum Gasteiger partial charge on any atom is -0.354 e. The second-order valence-electron chi connectivity index (χ2n) is 16.4. The molecule has 65 heavy (non-hydrogen) atoms. The van der Waals surface area contributed by atoms with Crippen LogP contribution in [0.3, 0.4) is 0 Å². The number of rotatable bonds is 6. The van der Waals surface area contributed by atoms with Crippen molar-refractivity contribution in [3.8, 4) is 44.5 Å². The number of anilines is 2. The summed E-state index contributed by atoms with van der Waals surface area (Å²) >= 11 is 1.82. The monoisotopic (exact) mass is 851 g/mol. The zero-order valence-electron chi connectivity index (χ0n) is 35.5. The van der Waals surface area contributed by atoms with Crippen molar-refractivity contribution in [3.05, 3.63) is 216 Å². The summed E-state index contributed by atoms with van der Waals surface area (Å²) < 4.78 is 0. The average Bonchev–Trinajstić information content (AvgIpc) is 4.20. The van der Waals surface area contributed by atoms with Crippen LogP contribution in [0, 0.1) is 0 Å². The van der Waals surface area contributed by atoms with E-state index in [1.54, 1.807) is 0 Å². The van der Waals surface area contributed by atoms with E-state index in [-0.39, 0.29) is 0 Å².